The maximum absolute atomic E-state index is 13.1. The molecule has 2 heterocycles. The van der Waals surface area contributed by atoms with Crippen molar-refractivity contribution in [1.82, 2.24) is 24.8 Å². The summed E-state index contributed by atoms with van der Waals surface area (Å²) in [5.74, 6) is -0.562. The molecule has 2 rings (SSSR count). The summed E-state index contributed by atoms with van der Waals surface area (Å²) >= 11 is 1.11. The van der Waals surface area contributed by atoms with Gasteiger partial charge < -0.3 is 10.2 Å². The molecule has 2 aromatic heterocycles. The van der Waals surface area contributed by atoms with E-state index >= 15 is 0 Å². The van der Waals surface area contributed by atoms with E-state index in [1.807, 2.05) is 40.7 Å². The Kier molecular flexibility index (Phi) is 6.42. The summed E-state index contributed by atoms with van der Waals surface area (Å²) in [6, 6.07) is 2.60. The molecule has 0 aliphatic carbocycles. The monoisotopic (exact) mass is 375 g/mol. The van der Waals surface area contributed by atoms with Gasteiger partial charge in [-0.25, -0.2) is 0 Å². The molecule has 140 valence electrons. The first kappa shape index (κ1) is 20.0. The Hall–Kier alpha value is -2.35. The summed E-state index contributed by atoms with van der Waals surface area (Å²) in [7, 11) is 0. The Morgan fingerprint density at radius 2 is 2.08 bits per heavy atom. The fraction of sp³-hybridized carbons (Fsp3) is 0.500. The zero-order valence-corrected chi connectivity index (χ0v) is 16.6. The topological polar surface area (TPSA) is 88.1 Å². The number of carbonyl (C=O) groups is 2. The van der Waals surface area contributed by atoms with Crippen molar-refractivity contribution >= 4 is 23.3 Å². The lowest BCUT2D eigenvalue weighted by Gasteiger charge is -2.36. The van der Waals surface area contributed by atoms with Crippen LogP contribution in [0.15, 0.2) is 29.9 Å². The number of carbonyl (C=O) groups excluding carboxylic acids is 2. The van der Waals surface area contributed by atoms with Crippen molar-refractivity contribution in [3.05, 3.63) is 41.2 Å². The van der Waals surface area contributed by atoms with Crippen LogP contribution in [0.1, 0.15) is 63.1 Å². The van der Waals surface area contributed by atoms with Gasteiger partial charge in [0.15, 0.2) is 5.69 Å². The minimum absolute atomic E-state index is 0.167. The molecule has 2 aromatic rings. The number of nitrogens with zero attached hydrogens (tertiary/aromatic N) is 4. The van der Waals surface area contributed by atoms with Crippen molar-refractivity contribution in [1.29, 1.82) is 0 Å². The normalized spacial score (nSPS) is 13.7. The van der Waals surface area contributed by atoms with Gasteiger partial charge in [-0.1, -0.05) is 17.5 Å². The third-order valence-corrected chi connectivity index (χ3v) is 4.41. The van der Waals surface area contributed by atoms with Gasteiger partial charge >= 0.3 is 0 Å². The second kappa shape index (κ2) is 8.35. The fourth-order valence-corrected chi connectivity index (χ4v) is 3.00. The zero-order chi connectivity index (χ0) is 19.3. The van der Waals surface area contributed by atoms with E-state index < -0.39 is 11.6 Å². The van der Waals surface area contributed by atoms with E-state index in [1.54, 1.807) is 28.7 Å². The predicted molar refractivity (Wildman–Crippen MR) is 101 cm³/mol. The van der Waals surface area contributed by atoms with Crippen molar-refractivity contribution in [3.8, 4) is 0 Å². The SMILES string of the molecule is CC[C@@H](C)N(C(=O)c1csnn1)[C@@H](C(=O)NC(C)(C)C)c1cccnc1. The quantitative estimate of drug-likeness (QED) is 0.839. The average molecular weight is 375 g/mol. The lowest BCUT2D eigenvalue weighted by molar-refractivity contribution is -0.128. The van der Waals surface area contributed by atoms with Crippen molar-refractivity contribution in [2.24, 2.45) is 0 Å². The largest absolute Gasteiger partial charge is 0.349 e. The van der Waals surface area contributed by atoms with E-state index in [-0.39, 0.29) is 23.6 Å². The Morgan fingerprint density at radius 1 is 1.35 bits per heavy atom. The molecule has 0 fully saturated rings. The van der Waals surface area contributed by atoms with Crippen LogP contribution in [0.3, 0.4) is 0 Å². The van der Waals surface area contributed by atoms with E-state index in [2.05, 4.69) is 19.9 Å². The first-order chi connectivity index (χ1) is 12.2. The van der Waals surface area contributed by atoms with Crippen molar-refractivity contribution in [3.63, 3.8) is 0 Å². The second-order valence-electron chi connectivity index (χ2n) is 7.19. The van der Waals surface area contributed by atoms with E-state index in [1.165, 1.54) is 0 Å². The molecule has 8 heteroatoms. The highest BCUT2D eigenvalue weighted by Crippen LogP contribution is 2.27. The van der Waals surface area contributed by atoms with Crippen LogP contribution in [-0.4, -0.2) is 42.9 Å². The molecule has 2 amide bonds. The minimum atomic E-state index is -0.799. The van der Waals surface area contributed by atoms with Crippen LogP contribution >= 0.6 is 11.5 Å². The van der Waals surface area contributed by atoms with E-state index in [4.69, 9.17) is 0 Å². The number of hydrogen-bond acceptors (Lipinski definition) is 6. The van der Waals surface area contributed by atoms with Crippen LogP contribution < -0.4 is 5.32 Å². The van der Waals surface area contributed by atoms with E-state index in [0.29, 0.717) is 12.0 Å². The minimum Gasteiger partial charge on any atom is -0.349 e. The molecule has 1 N–H and O–H groups in total. The first-order valence-electron chi connectivity index (χ1n) is 8.56. The Bertz CT molecular complexity index is 728. The number of pyridine rings is 1. The molecule has 26 heavy (non-hydrogen) atoms. The van der Waals surface area contributed by atoms with Gasteiger partial charge in [0.25, 0.3) is 5.91 Å². The van der Waals surface area contributed by atoms with Crippen LogP contribution in [-0.2, 0) is 4.79 Å². The maximum Gasteiger partial charge on any atom is 0.276 e. The Morgan fingerprint density at radius 3 is 2.58 bits per heavy atom. The third-order valence-electron chi connectivity index (χ3n) is 3.90. The molecule has 0 saturated heterocycles. The Balaban J connectivity index is 2.51. The molecule has 0 radical (unpaired) electrons. The fourth-order valence-electron chi connectivity index (χ4n) is 2.57. The highest BCUT2D eigenvalue weighted by Gasteiger charge is 2.36. The van der Waals surface area contributed by atoms with Gasteiger partial charge in [-0.2, -0.15) is 0 Å². The molecule has 0 aliphatic heterocycles. The standard InChI is InChI=1S/C18H25N5O2S/c1-6-12(2)23(17(25)14-11-26-22-21-14)15(13-8-7-9-19-10-13)16(24)20-18(3,4)5/h7-12,15H,6H2,1-5H3,(H,20,24)/t12-,15-/m1/s1. The number of nitrogens with one attached hydrogen (secondary N) is 1. The van der Waals surface area contributed by atoms with Crippen LogP contribution in [0.25, 0.3) is 0 Å². The molecule has 0 saturated carbocycles. The summed E-state index contributed by atoms with van der Waals surface area (Å²) in [5, 5.41) is 8.47. The van der Waals surface area contributed by atoms with E-state index in [0.717, 1.165) is 11.5 Å². The highest BCUT2D eigenvalue weighted by atomic mass is 32.1. The van der Waals surface area contributed by atoms with Crippen LogP contribution in [0.4, 0.5) is 0 Å². The molecule has 0 bridgehead atoms. The number of aromatic nitrogens is 3. The highest BCUT2D eigenvalue weighted by molar-refractivity contribution is 7.03. The smallest absolute Gasteiger partial charge is 0.276 e. The lowest BCUT2D eigenvalue weighted by Crippen LogP contribution is -2.51. The molecule has 2 atom stereocenters. The van der Waals surface area contributed by atoms with Gasteiger partial charge in [0, 0.05) is 34.9 Å². The van der Waals surface area contributed by atoms with Gasteiger partial charge in [-0.15, -0.1) is 5.10 Å². The predicted octanol–water partition coefficient (Wildman–Crippen LogP) is 2.83. The number of rotatable bonds is 6. The number of amides is 2. The van der Waals surface area contributed by atoms with Crippen molar-refractivity contribution in [2.75, 3.05) is 0 Å². The van der Waals surface area contributed by atoms with E-state index in [9.17, 15) is 9.59 Å². The first-order valence-corrected chi connectivity index (χ1v) is 9.40. The molecular weight excluding hydrogens is 350 g/mol. The van der Waals surface area contributed by atoms with Gasteiger partial charge in [0.2, 0.25) is 5.91 Å². The van der Waals surface area contributed by atoms with Crippen molar-refractivity contribution < 1.29 is 9.59 Å². The third kappa shape index (κ3) is 4.85. The molecule has 0 aliphatic rings. The number of hydrogen-bond donors (Lipinski definition) is 1. The summed E-state index contributed by atoms with van der Waals surface area (Å²) in [5.41, 5.74) is 0.475. The zero-order valence-electron chi connectivity index (χ0n) is 15.8. The molecule has 0 aromatic carbocycles. The second-order valence-corrected chi connectivity index (χ2v) is 7.80. The van der Waals surface area contributed by atoms with Gasteiger partial charge in [-0.05, 0) is 51.7 Å². The molecule has 0 spiro atoms. The van der Waals surface area contributed by atoms with Gasteiger partial charge in [0.05, 0.1) is 0 Å². The molecular formula is C18H25N5O2S. The average Bonchev–Trinajstić information content (AvgIpc) is 3.12. The molecule has 0 unspecified atom stereocenters. The Labute approximate surface area is 158 Å². The molecule has 7 nitrogen and oxygen atoms in total. The summed E-state index contributed by atoms with van der Waals surface area (Å²) in [6.45, 7) is 9.62. The maximum atomic E-state index is 13.1. The van der Waals surface area contributed by atoms with Crippen molar-refractivity contribution in [2.45, 2.75) is 58.7 Å². The summed E-state index contributed by atoms with van der Waals surface area (Å²) in [4.78, 5) is 32.0. The van der Waals surface area contributed by atoms with Gasteiger partial charge in [0.1, 0.15) is 6.04 Å². The van der Waals surface area contributed by atoms with Gasteiger partial charge in [-0.3, -0.25) is 14.6 Å². The lowest BCUT2D eigenvalue weighted by atomic mass is 10.0. The van der Waals surface area contributed by atoms with Crippen LogP contribution in [0, 0.1) is 0 Å². The summed E-state index contributed by atoms with van der Waals surface area (Å²) in [6.07, 6.45) is 3.96. The van der Waals surface area contributed by atoms with Crippen LogP contribution in [0.5, 0.6) is 0 Å². The van der Waals surface area contributed by atoms with Crippen LogP contribution in [0.2, 0.25) is 0 Å². The summed E-state index contributed by atoms with van der Waals surface area (Å²) < 4.78 is 3.78.